The molecule has 0 fully saturated rings. The largest absolute Gasteiger partial charge is 0.550 e. The molecule has 0 saturated heterocycles. The van der Waals surface area contributed by atoms with Crippen molar-refractivity contribution in [3.8, 4) is 11.1 Å². The molecule has 0 unspecified atom stereocenters. The Hall–Kier alpha value is -3.02. The van der Waals surface area contributed by atoms with Crippen molar-refractivity contribution in [2.24, 2.45) is 0 Å². The standard InChI is InChI=1S/C26H33NO9/c28-25(29)9-10-31-11-12-32-13-14-33-15-16-34-17-18-36-27-26(30)35-19-24-22-7-3-1-5-20(22)21-6-2-4-8-23(21)24/h1-8,24H,9-19H2,(H,27,30)(H,28,29)/p-1. The molecule has 0 spiro atoms. The van der Waals surface area contributed by atoms with Gasteiger partial charge in [0.2, 0.25) is 0 Å². The number of carboxylic acid groups (broad SMARTS) is 1. The quantitative estimate of drug-likeness (QED) is 0.239. The Bertz CT molecular complexity index is 907. The minimum absolute atomic E-state index is 0.00759. The van der Waals surface area contributed by atoms with Gasteiger partial charge in [0.05, 0.1) is 59.5 Å². The average Bonchev–Trinajstić information content (AvgIpc) is 3.20. The van der Waals surface area contributed by atoms with Crippen LogP contribution in [0, 0.1) is 0 Å². The maximum Gasteiger partial charge on any atom is 0.431 e. The Labute approximate surface area is 210 Å². The molecule has 3 rings (SSSR count). The summed E-state index contributed by atoms with van der Waals surface area (Å²) in [4.78, 5) is 27.3. The van der Waals surface area contributed by atoms with Crippen molar-refractivity contribution in [2.45, 2.75) is 12.3 Å². The van der Waals surface area contributed by atoms with Gasteiger partial charge in [-0.15, -0.1) is 0 Å². The zero-order valence-corrected chi connectivity index (χ0v) is 20.1. The van der Waals surface area contributed by atoms with E-state index in [-0.39, 0.29) is 38.8 Å². The minimum Gasteiger partial charge on any atom is -0.550 e. The molecule has 2 aromatic rings. The van der Waals surface area contributed by atoms with Gasteiger partial charge >= 0.3 is 6.09 Å². The Morgan fingerprint density at radius 1 is 0.694 bits per heavy atom. The summed E-state index contributed by atoms with van der Waals surface area (Å²) in [6, 6.07) is 16.3. The number of carboxylic acids is 1. The summed E-state index contributed by atoms with van der Waals surface area (Å²) in [6.45, 7) is 3.05. The smallest absolute Gasteiger partial charge is 0.431 e. The van der Waals surface area contributed by atoms with Gasteiger partial charge < -0.3 is 33.6 Å². The van der Waals surface area contributed by atoms with Gasteiger partial charge in [0.1, 0.15) is 6.61 Å². The number of benzene rings is 2. The third-order valence-corrected chi connectivity index (χ3v) is 5.40. The molecular formula is C26H32NO9-. The van der Waals surface area contributed by atoms with Crippen molar-refractivity contribution in [1.82, 2.24) is 5.48 Å². The summed E-state index contributed by atoms with van der Waals surface area (Å²) >= 11 is 0. The van der Waals surface area contributed by atoms with Gasteiger partial charge in [-0.25, -0.2) is 4.79 Å². The predicted octanol–water partition coefficient (Wildman–Crippen LogP) is 1.66. The topological polar surface area (TPSA) is 125 Å². The van der Waals surface area contributed by atoms with Crippen LogP contribution in [-0.2, 0) is 33.3 Å². The van der Waals surface area contributed by atoms with E-state index >= 15 is 0 Å². The first kappa shape index (κ1) is 27.6. The highest BCUT2D eigenvalue weighted by molar-refractivity contribution is 5.79. The first-order chi connectivity index (χ1) is 17.7. The van der Waals surface area contributed by atoms with Crippen LogP contribution < -0.4 is 10.6 Å². The van der Waals surface area contributed by atoms with Gasteiger partial charge in [0.15, 0.2) is 0 Å². The van der Waals surface area contributed by atoms with Crippen LogP contribution in [-0.4, -0.2) is 78.1 Å². The second-order valence-electron chi connectivity index (χ2n) is 7.85. The average molecular weight is 503 g/mol. The zero-order valence-electron chi connectivity index (χ0n) is 20.1. The van der Waals surface area contributed by atoms with Crippen LogP contribution in [0.15, 0.2) is 48.5 Å². The van der Waals surface area contributed by atoms with Gasteiger partial charge in [-0.3, -0.25) is 4.84 Å². The van der Waals surface area contributed by atoms with E-state index in [0.29, 0.717) is 39.6 Å². The molecule has 10 nitrogen and oxygen atoms in total. The van der Waals surface area contributed by atoms with Crippen LogP contribution in [0.5, 0.6) is 0 Å². The molecule has 1 aliphatic carbocycles. The third-order valence-electron chi connectivity index (χ3n) is 5.40. The number of ether oxygens (including phenoxy) is 5. The summed E-state index contributed by atoms with van der Waals surface area (Å²) in [5, 5.41) is 10.2. The Balaban J connectivity index is 1.14. The van der Waals surface area contributed by atoms with Crippen LogP contribution in [0.4, 0.5) is 4.79 Å². The fourth-order valence-corrected chi connectivity index (χ4v) is 3.76. The van der Waals surface area contributed by atoms with Crippen LogP contribution in [0.2, 0.25) is 0 Å². The molecule has 1 N–H and O–H groups in total. The van der Waals surface area contributed by atoms with E-state index in [4.69, 9.17) is 28.5 Å². The monoisotopic (exact) mass is 502 g/mol. The lowest BCUT2D eigenvalue weighted by Crippen LogP contribution is -2.28. The van der Waals surface area contributed by atoms with Gasteiger partial charge in [-0.05, 0) is 22.3 Å². The number of amides is 1. The number of hydrogen-bond acceptors (Lipinski definition) is 9. The summed E-state index contributed by atoms with van der Waals surface area (Å²) in [5.74, 6) is -1.14. The number of carbonyl (C=O) groups is 2. The van der Waals surface area contributed by atoms with E-state index in [0.717, 1.165) is 11.1 Å². The van der Waals surface area contributed by atoms with E-state index in [1.54, 1.807) is 0 Å². The van der Waals surface area contributed by atoms with Crippen molar-refractivity contribution >= 4 is 12.1 Å². The van der Waals surface area contributed by atoms with Crippen LogP contribution in [0.3, 0.4) is 0 Å². The minimum atomic E-state index is -1.13. The maximum absolute atomic E-state index is 12.0. The molecule has 2 aromatic carbocycles. The lowest BCUT2D eigenvalue weighted by molar-refractivity contribution is -0.306. The van der Waals surface area contributed by atoms with Crippen molar-refractivity contribution in [3.63, 3.8) is 0 Å². The van der Waals surface area contributed by atoms with Gasteiger partial charge in [-0.2, -0.15) is 5.48 Å². The van der Waals surface area contributed by atoms with Gasteiger partial charge in [0.25, 0.3) is 0 Å². The molecule has 196 valence electrons. The van der Waals surface area contributed by atoms with Gasteiger partial charge in [-0.1, -0.05) is 48.5 Å². The number of aliphatic carboxylic acids is 1. The molecule has 10 heteroatoms. The molecule has 0 saturated carbocycles. The number of hydroxylamine groups is 1. The molecule has 0 aromatic heterocycles. The lowest BCUT2D eigenvalue weighted by Gasteiger charge is -2.14. The SMILES string of the molecule is O=C([O-])CCOCCOCCOCCOCCONC(=O)OCC1c2ccccc2-c2ccccc21. The number of nitrogens with one attached hydrogen (secondary N) is 1. The summed E-state index contributed by atoms with van der Waals surface area (Å²) in [6.07, 6.45) is -0.774. The number of hydrogen-bond donors (Lipinski definition) is 1. The number of carbonyl (C=O) groups excluding carboxylic acids is 2. The highest BCUT2D eigenvalue weighted by Gasteiger charge is 2.28. The normalized spacial score (nSPS) is 12.2. The second kappa shape index (κ2) is 15.9. The van der Waals surface area contributed by atoms with Crippen molar-refractivity contribution in [3.05, 3.63) is 59.7 Å². The van der Waals surface area contributed by atoms with E-state index in [9.17, 15) is 14.7 Å². The fourth-order valence-electron chi connectivity index (χ4n) is 3.76. The maximum atomic E-state index is 12.0. The summed E-state index contributed by atoms with van der Waals surface area (Å²) in [5.41, 5.74) is 6.91. The van der Waals surface area contributed by atoms with E-state index < -0.39 is 12.1 Å². The van der Waals surface area contributed by atoms with Crippen LogP contribution >= 0.6 is 0 Å². The van der Waals surface area contributed by atoms with Crippen LogP contribution in [0.1, 0.15) is 23.5 Å². The van der Waals surface area contributed by atoms with Crippen molar-refractivity contribution < 1.29 is 43.2 Å². The van der Waals surface area contributed by atoms with Crippen molar-refractivity contribution in [1.29, 1.82) is 0 Å². The molecule has 36 heavy (non-hydrogen) atoms. The zero-order chi connectivity index (χ0) is 25.4. The first-order valence-corrected chi connectivity index (χ1v) is 11.9. The third kappa shape index (κ3) is 9.21. The second-order valence-corrected chi connectivity index (χ2v) is 7.85. The first-order valence-electron chi connectivity index (χ1n) is 11.9. The molecule has 1 aliphatic rings. The molecule has 0 bridgehead atoms. The predicted molar refractivity (Wildman–Crippen MR) is 127 cm³/mol. The molecule has 0 aliphatic heterocycles. The Morgan fingerprint density at radius 3 is 1.69 bits per heavy atom. The van der Waals surface area contributed by atoms with E-state index in [1.807, 2.05) is 24.3 Å². The molecule has 0 heterocycles. The van der Waals surface area contributed by atoms with Crippen LogP contribution in [0.25, 0.3) is 11.1 Å². The summed E-state index contributed by atoms with van der Waals surface area (Å²) < 4.78 is 26.5. The van der Waals surface area contributed by atoms with E-state index in [1.165, 1.54) is 11.1 Å². The molecular weight excluding hydrogens is 470 g/mol. The number of rotatable bonds is 18. The van der Waals surface area contributed by atoms with Crippen molar-refractivity contribution in [2.75, 3.05) is 66.1 Å². The highest BCUT2D eigenvalue weighted by Crippen LogP contribution is 2.44. The Morgan fingerprint density at radius 2 is 1.17 bits per heavy atom. The van der Waals surface area contributed by atoms with Gasteiger partial charge in [0, 0.05) is 18.3 Å². The van der Waals surface area contributed by atoms with E-state index in [2.05, 4.69) is 29.7 Å². The molecule has 0 radical (unpaired) electrons. The molecule has 0 atom stereocenters. The Kier molecular flexibility index (Phi) is 12.2. The highest BCUT2D eigenvalue weighted by atomic mass is 16.7. The number of fused-ring (bicyclic) bond motifs is 3. The summed E-state index contributed by atoms with van der Waals surface area (Å²) in [7, 11) is 0. The fraction of sp³-hybridized carbons (Fsp3) is 0.462. The lowest BCUT2D eigenvalue weighted by atomic mass is 9.98. The molecule has 1 amide bonds.